The minimum atomic E-state index is -0.758. The number of nitrogens with one attached hydrogen (secondary N) is 2. The van der Waals surface area contributed by atoms with Crippen molar-refractivity contribution in [1.29, 1.82) is 0 Å². The highest BCUT2D eigenvalue weighted by Gasteiger charge is 2.51. The Morgan fingerprint density at radius 1 is 1.39 bits per heavy atom. The van der Waals surface area contributed by atoms with Gasteiger partial charge in [0, 0.05) is 6.54 Å². The molecule has 0 saturated carbocycles. The summed E-state index contributed by atoms with van der Waals surface area (Å²) in [6, 6.07) is -0.351. The molecular formula is C11H19N3O4. The van der Waals surface area contributed by atoms with Crippen LogP contribution in [0.3, 0.4) is 0 Å². The molecule has 0 aromatic rings. The second-order valence-electron chi connectivity index (χ2n) is 4.59. The van der Waals surface area contributed by atoms with Crippen molar-refractivity contribution in [3.05, 3.63) is 0 Å². The highest BCUT2D eigenvalue weighted by atomic mass is 16.5. The van der Waals surface area contributed by atoms with Crippen LogP contribution in [0.2, 0.25) is 0 Å². The van der Waals surface area contributed by atoms with Crippen LogP contribution in [0.1, 0.15) is 12.8 Å². The molecule has 1 atom stereocenters. The van der Waals surface area contributed by atoms with Gasteiger partial charge in [-0.2, -0.15) is 0 Å². The summed E-state index contributed by atoms with van der Waals surface area (Å²) in [6.45, 7) is 2.01. The predicted molar refractivity (Wildman–Crippen MR) is 63.0 cm³/mol. The first kappa shape index (κ1) is 13.3. The molecule has 7 nitrogen and oxygen atoms in total. The van der Waals surface area contributed by atoms with Gasteiger partial charge in [-0.15, -0.1) is 0 Å². The molecule has 102 valence electrons. The SMILES string of the molecule is O=C1NC2(CCCNC2)C(=O)N1CCOCCO. The Balaban J connectivity index is 1.92. The lowest BCUT2D eigenvalue weighted by Crippen LogP contribution is -2.57. The summed E-state index contributed by atoms with van der Waals surface area (Å²) in [5.74, 6) is -0.174. The van der Waals surface area contributed by atoms with Crippen LogP contribution in [0.15, 0.2) is 0 Å². The van der Waals surface area contributed by atoms with Crippen molar-refractivity contribution in [2.45, 2.75) is 18.4 Å². The molecule has 0 aromatic carbocycles. The van der Waals surface area contributed by atoms with Gasteiger partial charge < -0.3 is 20.5 Å². The predicted octanol–water partition coefficient (Wildman–Crippen LogP) is -1.33. The Morgan fingerprint density at radius 2 is 2.22 bits per heavy atom. The number of urea groups is 1. The largest absolute Gasteiger partial charge is 0.394 e. The zero-order chi connectivity index (χ0) is 13.0. The van der Waals surface area contributed by atoms with E-state index in [9.17, 15) is 9.59 Å². The van der Waals surface area contributed by atoms with Crippen molar-refractivity contribution in [2.24, 2.45) is 0 Å². The molecule has 1 unspecified atom stereocenters. The first-order valence-electron chi connectivity index (χ1n) is 6.23. The average Bonchev–Trinajstić information content (AvgIpc) is 2.59. The Hall–Kier alpha value is -1.18. The molecule has 1 spiro atoms. The second-order valence-corrected chi connectivity index (χ2v) is 4.59. The minimum absolute atomic E-state index is 0.0615. The van der Waals surface area contributed by atoms with Crippen LogP contribution in [-0.2, 0) is 9.53 Å². The van der Waals surface area contributed by atoms with Crippen molar-refractivity contribution in [3.63, 3.8) is 0 Å². The number of nitrogens with zero attached hydrogens (tertiary/aromatic N) is 1. The molecule has 2 aliphatic rings. The van der Waals surface area contributed by atoms with E-state index in [1.54, 1.807) is 0 Å². The van der Waals surface area contributed by atoms with E-state index in [2.05, 4.69) is 10.6 Å². The summed E-state index contributed by atoms with van der Waals surface area (Å²) in [7, 11) is 0. The quantitative estimate of drug-likeness (QED) is 0.419. The molecular weight excluding hydrogens is 238 g/mol. The Bertz CT molecular complexity index is 328. The average molecular weight is 257 g/mol. The van der Waals surface area contributed by atoms with Crippen LogP contribution in [-0.4, -0.2) is 66.9 Å². The molecule has 0 aromatic heterocycles. The number of hydrogen-bond acceptors (Lipinski definition) is 5. The second kappa shape index (κ2) is 5.64. The molecule has 2 heterocycles. The summed E-state index contributed by atoms with van der Waals surface area (Å²) >= 11 is 0. The van der Waals surface area contributed by atoms with Crippen molar-refractivity contribution in [3.8, 4) is 0 Å². The van der Waals surface area contributed by atoms with E-state index in [0.29, 0.717) is 13.0 Å². The standard InChI is InChI=1S/C11H19N3O4/c15-5-7-18-6-4-14-9(16)11(13-10(14)17)2-1-3-12-8-11/h12,15H,1-8H2,(H,13,17). The zero-order valence-electron chi connectivity index (χ0n) is 10.3. The van der Waals surface area contributed by atoms with Gasteiger partial charge in [-0.1, -0.05) is 0 Å². The van der Waals surface area contributed by atoms with E-state index in [4.69, 9.17) is 9.84 Å². The number of hydrogen-bond donors (Lipinski definition) is 3. The van der Waals surface area contributed by atoms with Gasteiger partial charge in [0.05, 0.1) is 26.4 Å². The number of aliphatic hydroxyl groups is 1. The first-order chi connectivity index (χ1) is 8.69. The number of amides is 3. The molecule has 2 aliphatic heterocycles. The molecule has 7 heteroatoms. The van der Waals surface area contributed by atoms with Crippen LogP contribution in [0, 0.1) is 0 Å². The fourth-order valence-electron chi connectivity index (χ4n) is 2.40. The molecule has 0 aliphatic carbocycles. The number of carbonyl (C=O) groups excluding carboxylic acids is 2. The Morgan fingerprint density at radius 3 is 2.89 bits per heavy atom. The monoisotopic (exact) mass is 257 g/mol. The lowest BCUT2D eigenvalue weighted by Gasteiger charge is -2.31. The topological polar surface area (TPSA) is 90.9 Å². The van der Waals surface area contributed by atoms with E-state index in [1.807, 2.05) is 0 Å². The summed E-state index contributed by atoms with van der Waals surface area (Å²) in [5, 5.41) is 14.5. The fraction of sp³-hybridized carbons (Fsp3) is 0.818. The van der Waals surface area contributed by atoms with Gasteiger partial charge in [-0.25, -0.2) is 4.79 Å². The van der Waals surface area contributed by atoms with E-state index in [-0.39, 0.29) is 38.3 Å². The Kier molecular flexibility index (Phi) is 4.15. The van der Waals surface area contributed by atoms with Gasteiger partial charge in [0.15, 0.2) is 0 Å². The molecule has 2 fully saturated rings. The van der Waals surface area contributed by atoms with Crippen LogP contribution >= 0.6 is 0 Å². The summed E-state index contributed by atoms with van der Waals surface area (Å²) < 4.78 is 5.08. The lowest BCUT2D eigenvalue weighted by molar-refractivity contribution is -0.132. The molecule has 2 rings (SSSR count). The van der Waals surface area contributed by atoms with Crippen molar-refractivity contribution in [1.82, 2.24) is 15.5 Å². The molecule has 3 amide bonds. The van der Waals surface area contributed by atoms with E-state index < -0.39 is 5.54 Å². The van der Waals surface area contributed by atoms with Crippen LogP contribution in [0.5, 0.6) is 0 Å². The van der Waals surface area contributed by atoms with Crippen molar-refractivity contribution < 1.29 is 19.4 Å². The van der Waals surface area contributed by atoms with Gasteiger partial charge >= 0.3 is 6.03 Å². The van der Waals surface area contributed by atoms with E-state index >= 15 is 0 Å². The highest BCUT2D eigenvalue weighted by Crippen LogP contribution is 2.24. The van der Waals surface area contributed by atoms with Gasteiger partial charge in [0.2, 0.25) is 0 Å². The first-order valence-corrected chi connectivity index (χ1v) is 6.23. The summed E-state index contributed by atoms with van der Waals surface area (Å²) in [4.78, 5) is 25.2. The third kappa shape index (κ3) is 2.47. The van der Waals surface area contributed by atoms with Crippen LogP contribution < -0.4 is 10.6 Å². The number of carbonyl (C=O) groups is 2. The van der Waals surface area contributed by atoms with Crippen molar-refractivity contribution in [2.75, 3.05) is 39.5 Å². The lowest BCUT2D eigenvalue weighted by atomic mass is 9.90. The number of piperidine rings is 1. The maximum Gasteiger partial charge on any atom is 0.325 e. The maximum absolute atomic E-state index is 12.3. The molecule has 0 radical (unpaired) electrons. The molecule has 3 N–H and O–H groups in total. The summed E-state index contributed by atoms with van der Waals surface area (Å²) in [5.41, 5.74) is -0.758. The normalized spacial score (nSPS) is 27.9. The summed E-state index contributed by atoms with van der Waals surface area (Å²) in [6.07, 6.45) is 1.56. The number of imide groups is 1. The van der Waals surface area contributed by atoms with Gasteiger partial charge in [-0.3, -0.25) is 9.69 Å². The Labute approximate surface area is 105 Å². The maximum atomic E-state index is 12.3. The number of aliphatic hydroxyl groups excluding tert-OH is 1. The van der Waals surface area contributed by atoms with Crippen LogP contribution in [0.4, 0.5) is 4.79 Å². The fourth-order valence-corrected chi connectivity index (χ4v) is 2.40. The van der Waals surface area contributed by atoms with Crippen LogP contribution in [0.25, 0.3) is 0 Å². The zero-order valence-corrected chi connectivity index (χ0v) is 10.3. The third-order valence-electron chi connectivity index (χ3n) is 3.32. The number of rotatable bonds is 5. The van der Waals surface area contributed by atoms with Crippen molar-refractivity contribution >= 4 is 11.9 Å². The minimum Gasteiger partial charge on any atom is -0.394 e. The number of ether oxygens (including phenoxy) is 1. The highest BCUT2D eigenvalue weighted by molar-refractivity contribution is 6.07. The third-order valence-corrected chi connectivity index (χ3v) is 3.32. The van der Waals surface area contributed by atoms with E-state index in [0.717, 1.165) is 13.0 Å². The van der Waals surface area contributed by atoms with Gasteiger partial charge in [0.1, 0.15) is 5.54 Å². The molecule has 2 saturated heterocycles. The van der Waals surface area contributed by atoms with Gasteiger partial charge in [0.25, 0.3) is 5.91 Å². The molecule has 18 heavy (non-hydrogen) atoms. The smallest absolute Gasteiger partial charge is 0.325 e. The van der Waals surface area contributed by atoms with Gasteiger partial charge in [-0.05, 0) is 19.4 Å². The molecule has 0 bridgehead atoms. The van der Waals surface area contributed by atoms with E-state index in [1.165, 1.54) is 4.90 Å².